The Morgan fingerprint density at radius 2 is 0.699 bits per heavy atom. The Hall–Kier alpha value is -8.58. The van der Waals surface area contributed by atoms with Crippen LogP contribution < -0.4 is 0 Å². The first-order chi connectivity index (χ1) is 39.9. The molecule has 0 amide bonds. The minimum atomic E-state index is -1.89. The van der Waals surface area contributed by atoms with Crippen LogP contribution in [0.25, 0.3) is 62.7 Å². The number of azide groups is 6. The van der Waals surface area contributed by atoms with Crippen molar-refractivity contribution in [3.63, 3.8) is 0 Å². The van der Waals surface area contributed by atoms with Crippen molar-refractivity contribution in [2.75, 3.05) is 52.5 Å². The van der Waals surface area contributed by atoms with Crippen LogP contribution in [0.3, 0.4) is 0 Å². The Bertz CT molecular complexity index is 2460. The molecular formula is C44H64N18O21. The largest absolute Gasteiger partial charge is 0.481 e. The average Bonchev–Trinajstić information content (AvgIpc) is 3.58. The van der Waals surface area contributed by atoms with Gasteiger partial charge in [0.25, 0.3) is 0 Å². The number of ether oxygens (including phenoxy) is 11. The number of carboxylic acid groups (broad SMARTS) is 1. The van der Waals surface area contributed by atoms with E-state index in [-0.39, 0.29) is 84.2 Å². The summed E-state index contributed by atoms with van der Waals surface area (Å²) in [6, 6.07) is 0. The van der Waals surface area contributed by atoms with Crippen LogP contribution in [-0.2, 0) is 90.5 Å². The van der Waals surface area contributed by atoms with Crippen molar-refractivity contribution < 1.29 is 101 Å². The lowest BCUT2D eigenvalue weighted by molar-refractivity contribution is -0.318. The molecule has 12 atom stereocenters. The van der Waals surface area contributed by atoms with E-state index in [9.17, 15) is 48.6 Å². The second-order valence-electron chi connectivity index (χ2n) is 17.7. The summed E-state index contributed by atoms with van der Waals surface area (Å²) in [5, 5.41) is 40.3. The van der Waals surface area contributed by atoms with Crippen LogP contribution in [0.4, 0.5) is 0 Å². The fraction of sp³-hybridized carbons (Fsp3) is 0.818. The van der Waals surface area contributed by atoms with E-state index < -0.39 is 180 Å². The molecule has 0 unspecified atom stereocenters. The van der Waals surface area contributed by atoms with Crippen molar-refractivity contribution in [2.45, 2.75) is 177 Å². The Labute approximate surface area is 470 Å². The number of nitrogens with zero attached hydrogens (tertiary/aromatic N) is 18. The molecule has 2 heterocycles. The normalized spacial score (nSPS) is 22.1. The third-order valence-corrected chi connectivity index (χ3v) is 11.2. The highest BCUT2D eigenvalue weighted by Gasteiger charge is 2.55. The summed E-state index contributed by atoms with van der Waals surface area (Å²) in [6.45, 7) is -0.124. The maximum atomic E-state index is 13.8. The highest BCUT2D eigenvalue weighted by molar-refractivity contribution is 5.73. The van der Waals surface area contributed by atoms with E-state index >= 15 is 0 Å². The van der Waals surface area contributed by atoms with Crippen molar-refractivity contribution in [3.8, 4) is 0 Å². The first-order valence-corrected chi connectivity index (χ1v) is 25.8. The van der Waals surface area contributed by atoms with Gasteiger partial charge in [0.15, 0.2) is 49.2 Å². The maximum Gasteiger partial charge on any atom is 0.308 e. The van der Waals surface area contributed by atoms with Gasteiger partial charge in [-0.1, -0.05) is 30.7 Å². The first kappa shape index (κ1) is 70.5. The smallest absolute Gasteiger partial charge is 0.308 e. The van der Waals surface area contributed by atoms with Crippen LogP contribution >= 0.6 is 0 Å². The molecule has 0 saturated carbocycles. The predicted octanol–water partition coefficient (Wildman–Crippen LogP) is 5.66. The van der Waals surface area contributed by atoms with Gasteiger partial charge in [-0.25, -0.2) is 0 Å². The number of hydrogen-bond acceptors (Lipinski definition) is 26. The number of hydrogen-bond donors (Lipinski definition) is 2. The second kappa shape index (κ2) is 41.4. The van der Waals surface area contributed by atoms with E-state index in [2.05, 4.69) is 60.2 Å². The topological polar surface area (TPSA) is 571 Å². The van der Waals surface area contributed by atoms with Gasteiger partial charge >= 0.3 is 47.8 Å². The molecule has 2 aliphatic heterocycles. The average molecular weight is 1180 g/mol. The van der Waals surface area contributed by atoms with E-state index in [1.165, 1.54) is 13.8 Å². The van der Waals surface area contributed by atoms with Gasteiger partial charge in [-0.15, -0.1) is 0 Å². The number of aliphatic hydroxyl groups is 1. The predicted molar refractivity (Wildman–Crippen MR) is 272 cm³/mol. The minimum absolute atomic E-state index is 0.000270. The molecule has 0 aromatic rings. The lowest BCUT2D eigenvalue weighted by Gasteiger charge is -2.45. The molecule has 39 heteroatoms. The lowest BCUT2D eigenvalue weighted by atomic mass is 9.97. The third-order valence-electron chi connectivity index (χ3n) is 11.2. The second-order valence-corrected chi connectivity index (χ2v) is 17.7. The molecule has 2 fully saturated rings. The van der Waals surface area contributed by atoms with Crippen LogP contribution in [-0.4, -0.2) is 184 Å². The fourth-order valence-corrected chi connectivity index (χ4v) is 7.63. The van der Waals surface area contributed by atoms with Gasteiger partial charge in [0, 0.05) is 107 Å². The van der Waals surface area contributed by atoms with Crippen LogP contribution in [0.5, 0.6) is 0 Å². The summed E-state index contributed by atoms with van der Waals surface area (Å²) in [4.78, 5) is 121. The van der Waals surface area contributed by atoms with Gasteiger partial charge in [0.2, 0.25) is 0 Å². The van der Waals surface area contributed by atoms with Crippen LogP contribution in [0.2, 0.25) is 0 Å². The standard InChI is InChI=1S/C44H64N18O21/c1-25(21-29(64)65)74-44-42(83-35(71)14-8-20-56-62-50)40(81-33(69)12-6-18-54-60-48)38(79-31(67)10-4-16-52-58-46)28(77-44)24-73-36(72)22-26(2)75-43-41(82-34(70)13-7-19-55-61-49)39(80-32(68)11-5-17-53-59-47)37(27(23-63)76-43)78-30(66)9-3-15-51-57-45/h25-28,37-44,63H,3-24H2,1-2H3,(H,64,65)/t25-,26-,27+,28+,37+,38+,39-,40-,41+,42+,43+,44+/m0/s1. The van der Waals surface area contributed by atoms with Gasteiger partial charge in [-0.05, 0) is 85.6 Å². The Morgan fingerprint density at radius 1 is 0.422 bits per heavy atom. The minimum Gasteiger partial charge on any atom is -0.481 e. The SMILES string of the molecule is C[C@@H](CC(=O)OC[C@H]1O[C@@H](O[C@@H](C)CC(=O)O)[C@H](OC(=O)CCCN=[N+]=[N-])[C@@H](OC(=O)CCCN=[N+]=[N-])[C@@H]1OC(=O)CCCN=[N+]=[N-])O[C@@H]1O[C@H](CO)[C@@H](OC(=O)CCCN=[N+]=[N-])[C@H](OC(=O)CCCN=[N+]=[N-])[C@H]1OC(=O)CCCN=[N+]=[N-]. The number of aliphatic hydroxyl groups excluding tert-OH is 1. The van der Waals surface area contributed by atoms with Crippen molar-refractivity contribution >= 4 is 47.8 Å². The quantitative estimate of drug-likeness (QED) is 0.0186. The summed E-state index contributed by atoms with van der Waals surface area (Å²) in [6.07, 6.45) is -24.6. The van der Waals surface area contributed by atoms with E-state index in [0.29, 0.717) is 0 Å². The number of esters is 7. The number of carbonyl (C=O) groups is 8. The molecule has 0 spiro atoms. The summed E-state index contributed by atoms with van der Waals surface area (Å²) >= 11 is 0. The Balaban J connectivity index is 2.65. The highest BCUT2D eigenvalue weighted by atomic mass is 16.8. The zero-order valence-corrected chi connectivity index (χ0v) is 45.2. The van der Waals surface area contributed by atoms with Crippen molar-refractivity contribution in [3.05, 3.63) is 62.7 Å². The summed E-state index contributed by atoms with van der Waals surface area (Å²) in [5.41, 5.74) is 52.3. The maximum absolute atomic E-state index is 13.8. The van der Waals surface area contributed by atoms with Crippen LogP contribution in [0, 0.1) is 0 Å². The summed E-state index contributed by atoms with van der Waals surface area (Å²) < 4.78 is 64.0. The molecule has 2 saturated heterocycles. The van der Waals surface area contributed by atoms with Gasteiger partial charge in [-0.3, -0.25) is 38.4 Å². The van der Waals surface area contributed by atoms with E-state index in [1.54, 1.807) is 0 Å². The van der Waals surface area contributed by atoms with Crippen molar-refractivity contribution in [1.29, 1.82) is 0 Å². The number of rotatable bonds is 41. The Morgan fingerprint density at radius 3 is 1.00 bits per heavy atom. The number of carbonyl (C=O) groups excluding carboxylic acids is 7. The molecule has 0 aliphatic carbocycles. The van der Waals surface area contributed by atoms with E-state index in [4.69, 9.17) is 85.3 Å². The monoisotopic (exact) mass is 1180 g/mol. The molecule has 0 radical (unpaired) electrons. The Kier molecular flexibility index (Phi) is 35.2. The fourth-order valence-electron chi connectivity index (χ4n) is 7.63. The summed E-state index contributed by atoms with van der Waals surface area (Å²) in [7, 11) is 0. The molecule has 83 heavy (non-hydrogen) atoms. The molecule has 456 valence electrons. The number of aliphatic carboxylic acids is 1. The molecule has 2 aliphatic rings. The molecule has 2 N–H and O–H groups in total. The van der Waals surface area contributed by atoms with Crippen LogP contribution in [0.15, 0.2) is 30.7 Å². The molecule has 39 nitrogen and oxygen atoms in total. The van der Waals surface area contributed by atoms with Gasteiger partial charge in [0.05, 0.1) is 31.7 Å². The number of carboxylic acids is 1. The van der Waals surface area contributed by atoms with Crippen molar-refractivity contribution in [1.82, 2.24) is 0 Å². The molecule has 0 aromatic carbocycles. The van der Waals surface area contributed by atoms with Gasteiger partial charge in [-0.2, -0.15) is 0 Å². The molecular weight excluding hydrogens is 1120 g/mol. The molecule has 0 aromatic heterocycles. The zero-order valence-electron chi connectivity index (χ0n) is 45.2. The lowest BCUT2D eigenvalue weighted by Crippen LogP contribution is -2.63. The van der Waals surface area contributed by atoms with E-state index in [0.717, 1.165) is 0 Å². The van der Waals surface area contributed by atoms with Gasteiger partial charge in [0.1, 0.15) is 18.8 Å². The molecule has 0 bridgehead atoms. The third kappa shape index (κ3) is 28.6. The zero-order chi connectivity index (χ0) is 61.4. The van der Waals surface area contributed by atoms with Crippen LogP contribution in [0.1, 0.15) is 104 Å². The van der Waals surface area contributed by atoms with Gasteiger partial charge < -0.3 is 62.3 Å². The van der Waals surface area contributed by atoms with Crippen molar-refractivity contribution in [2.24, 2.45) is 30.7 Å². The first-order valence-electron chi connectivity index (χ1n) is 25.8. The highest BCUT2D eigenvalue weighted by Crippen LogP contribution is 2.34. The van der Waals surface area contributed by atoms with E-state index in [1.807, 2.05) is 0 Å². The summed E-state index contributed by atoms with van der Waals surface area (Å²) in [5.74, 6) is -8.47. The molecule has 2 rings (SSSR count).